The first-order valence-corrected chi connectivity index (χ1v) is 9.76. The van der Waals surface area contributed by atoms with E-state index in [4.69, 9.17) is 0 Å². The Morgan fingerprint density at radius 1 is 1.04 bits per heavy atom. The van der Waals surface area contributed by atoms with Crippen molar-refractivity contribution in [3.8, 4) is 0 Å². The average molecular weight is 355 g/mol. The summed E-state index contributed by atoms with van der Waals surface area (Å²) in [4.78, 5) is 29.2. The zero-order valence-electron chi connectivity index (χ0n) is 15.9. The van der Waals surface area contributed by atoms with Gasteiger partial charge in [-0.3, -0.25) is 9.59 Å². The van der Waals surface area contributed by atoms with Crippen LogP contribution in [0, 0.1) is 11.8 Å². The Balaban J connectivity index is 1.36. The molecule has 5 atom stereocenters. The van der Waals surface area contributed by atoms with E-state index in [0.29, 0.717) is 24.1 Å². The number of carbonyl (C=O) groups excluding carboxylic acids is 2. The Labute approximate surface area is 155 Å². The van der Waals surface area contributed by atoms with Crippen LogP contribution < -0.4 is 5.32 Å². The Bertz CT molecular complexity index is 703. The highest BCUT2D eigenvalue weighted by molar-refractivity contribution is 5.99. The van der Waals surface area contributed by atoms with Crippen molar-refractivity contribution in [1.82, 2.24) is 15.1 Å². The molecule has 0 radical (unpaired) electrons. The monoisotopic (exact) mass is 355 g/mol. The lowest BCUT2D eigenvalue weighted by Crippen LogP contribution is -2.38. The van der Waals surface area contributed by atoms with E-state index in [2.05, 4.69) is 24.3 Å². The molecule has 5 heteroatoms. The van der Waals surface area contributed by atoms with Crippen molar-refractivity contribution in [3.63, 3.8) is 0 Å². The molecule has 2 saturated carbocycles. The van der Waals surface area contributed by atoms with E-state index >= 15 is 0 Å². The number of amides is 2. The molecular formula is C21H29N3O2. The molecule has 0 aromatic heterocycles. The Morgan fingerprint density at radius 3 is 2.31 bits per heavy atom. The van der Waals surface area contributed by atoms with Crippen LogP contribution in [0.1, 0.15) is 54.1 Å². The molecule has 2 amide bonds. The summed E-state index contributed by atoms with van der Waals surface area (Å²) in [6.45, 7) is 0. The Morgan fingerprint density at radius 2 is 1.65 bits per heavy atom. The van der Waals surface area contributed by atoms with Crippen LogP contribution >= 0.6 is 0 Å². The largest absolute Gasteiger partial charge is 0.345 e. The van der Waals surface area contributed by atoms with Gasteiger partial charge in [0.25, 0.3) is 5.91 Å². The fourth-order valence-corrected chi connectivity index (χ4v) is 5.30. The van der Waals surface area contributed by atoms with Gasteiger partial charge in [-0.05, 0) is 63.2 Å². The summed E-state index contributed by atoms with van der Waals surface area (Å²) < 4.78 is 0. The van der Waals surface area contributed by atoms with Gasteiger partial charge >= 0.3 is 0 Å². The Kier molecular flexibility index (Phi) is 4.51. The number of rotatable bonds is 4. The van der Waals surface area contributed by atoms with Crippen LogP contribution in [0.25, 0.3) is 0 Å². The van der Waals surface area contributed by atoms with Gasteiger partial charge in [0, 0.05) is 24.7 Å². The highest BCUT2D eigenvalue weighted by Gasteiger charge is 2.44. The quantitative estimate of drug-likeness (QED) is 0.903. The van der Waals surface area contributed by atoms with Crippen molar-refractivity contribution in [1.29, 1.82) is 0 Å². The molecule has 1 aromatic carbocycles. The normalized spacial score (nSPS) is 32.5. The maximum Gasteiger partial charge on any atom is 0.252 e. The molecule has 5 nitrogen and oxygen atoms in total. The molecule has 0 spiro atoms. The molecule has 1 heterocycles. The molecule has 3 aliphatic rings. The summed E-state index contributed by atoms with van der Waals surface area (Å²) in [7, 11) is 6.29. The van der Waals surface area contributed by atoms with Crippen molar-refractivity contribution in [2.75, 3.05) is 21.1 Å². The number of hydrogen-bond donors (Lipinski definition) is 1. The van der Waals surface area contributed by atoms with Gasteiger partial charge in [-0.25, -0.2) is 0 Å². The van der Waals surface area contributed by atoms with Crippen LogP contribution in [0.2, 0.25) is 0 Å². The number of fused-ring (bicyclic) bond motifs is 2. The lowest BCUT2D eigenvalue weighted by Gasteiger charge is -2.28. The van der Waals surface area contributed by atoms with Crippen LogP contribution in [0.15, 0.2) is 24.3 Å². The third-order valence-electron chi connectivity index (χ3n) is 6.90. The minimum Gasteiger partial charge on any atom is -0.345 e. The van der Waals surface area contributed by atoms with Crippen molar-refractivity contribution < 1.29 is 9.59 Å². The molecule has 4 rings (SSSR count). The third-order valence-corrected chi connectivity index (χ3v) is 6.90. The predicted octanol–water partition coefficient (Wildman–Crippen LogP) is 2.44. The topological polar surface area (TPSA) is 52.6 Å². The molecular weight excluding hydrogens is 326 g/mol. The first-order chi connectivity index (χ1) is 12.4. The molecule has 26 heavy (non-hydrogen) atoms. The lowest BCUT2D eigenvalue weighted by atomic mass is 10.0. The second-order valence-electron chi connectivity index (χ2n) is 8.56. The van der Waals surface area contributed by atoms with Gasteiger partial charge in [0.05, 0.1) is 12.5 Å². The van der Waals surface area contributed by atoms with E-state index < -0.39 is 0 Å². The highest BCUT2D eigenvalue weighted by atomic mass is 16.2. The number of carbonyl (C=O) groups is 2. The van der Waals surface area contributed by atoms with Gasteiger partial charge in [-0.15, -0.1) is 0 Å². The van der Waals surface area contributed by atoms with E-state index in [1.165, 1.54) is 12.8 Å². The lowest BCUT2D eigenvalue weighted by molar-refractivity contribution is -0.132. The maximum atomic E-state index is 12.9. The molecule has 0 saturated heterocycles. The first-order valence-electron chi connectivity index (χ1n) is 9.76. The molecule has 1 aliphatic heterocycles. The van der Waals surface area contributed by atoms with E-state index in [1.54, 1.807) is 0 Å². The van der Waals surface area contributed by atoms with Crippen LogP contribution in [-0.2, 0) is 4.79 Å². The van der Waals surface area contributed by atoms with Gasteiger partial charge in [0.1, 0.15) is 0 Å². The smallest absolute Gasteiger partial charge is 0.252 e. The summed E-state index contributed by atoms with van der Waals surface area (Å²) in [5.41, 5.74) is 1.66. The molecule has 2 aliphatic carbocycles. The third kappa shape index (κ3) is 3.02. The number of benzene rings is 1. The zero-order chi connectivity index (χ0) is 18.4. The van der Waals surface area contributed by atoms with Gasteiger partial charge < -0.3 is 15.1 Å². The van der Waals surface area contributed by atoms with Crippen LogP contribution in [0.3, 0.4) is 0 Å². The SMILES string of the molecule is CN(C)C1C[C@@H]2CC(N(C)C(=O)CC3NC(=O)c4ccccc43)C[C@@H]2C1. The first kappa shape index (κ1) is 17.5. The highest BCUT2D eigenvalue weighted by Crippen LogP contribution is 2.46. The maximum absolute atomic E-state index is 12.9. The average Bonchev–Trinajstić information content (AvgIpc) is 3.27. The number of nitrogens with zero attached hydrogens (tertiary/aromatic N) is 2. The van der Waals surface area contributed by atoms with Crippen LogP contribution in [0.5, 0.6) is 0 Å². The van der Waals surface area contributed by atoms with E-state index in [1.807, 2.05) is 36.2 Å². The molecule has 3 unspecified atom stereocenters. The molecule has 1 N–H and O–H groups in total. The minimum absolute atomic E-state index is 0.0637. The zero-order valence-corrected chi connectivity index (χ0v) is 15.9. The summed E-state index contributed by atoms with van der Waals surface area (Å²) in [5, 5.41) is 2.96. The fourth-order valence-electron chi connectivity index (χ4n) is 5.30. The summed E-state index contributed by atoms with van der Waals surface area (Å²) >= 11 is 0. The molecule has 1 aromatic rings. The molecule has 0 bridgehead atoms. The molecule has 2 fully saturated rings. The van der Waals surface area contributed by atoms with Gasteiger partial charge in [0.15, 0.2) is 0 Å². The van der Waals surface area contributed by atoms with Crippen molar-refractivity contribution in [2.45, 2.75) is 50.2 Å². The van der Waals surface area contributed by atoms with Gasteiger partial charge in [0.2, 0.25) is 5.91 Å². The van der Waals surface area contributed by atoms with Crippen molar-refractivity contribution >= 4 is 11.8 Å². The fraction of sp³-hybridized carbons (Fsp3) is 0.619. The standard InChI is InChI=1S/C21H29N3O2/c1-23(2)15-8-13-10-16(11-14(13)9-15)24(3)20(25)12-19-17-6-4-5-7-18(17)21(26)22-19/h4-7,13-16,19H,8-12H2,1-3H3,(H,22,26)/t13-,14+,15?,16?,19?. The number of hydrogen-bond acceptors (Lipinski definition) is 3. The predicted molar refractivity (Wildman–Crippen MR) is 101 cm³/mol. The van der Waals surface area contributed by atoms with Crippen molar-refractivity contribution in [2.24, 2.45) is 11.8 Å². The summed E-state index contributed by atoms with van der Waals surface area (Å²) in [6, 6.07) is 8.45. The van der Waals surface area contributed by atoms with E-state index in [9.17, 15) is 9.59 Å². The van der Waals surface area contributed by atoms with Gasteiger partial charge in [-0.1, -0.05) is 18.2 Å². The van der Waals surface area contributed by atoms with Crippen LogP contribution in [0.4, 0.5) is 0 Å². The van der Waals surface area contributed by atoms with Crippen LogP contribution in [-0.4, -0.2) is 54.8 Å². The summed E-state index contributed by atoms with van der Waals surface area (Å²) in [6.07, 6.45) is 5.14. The van der Waals surface area contributed by atoms with E-state index in [0.717, 1.165) is 30.2 Å². The number of nitrogens with one attached hydrogen (secondary N) is 1. The summed E-state index contributed by atoms with van der Waals surface area (Å²) in [5.74, 6) is 1.59. The second-order valence-corrected chi connectivity index (χ2v) is 8.56. The van der Waals surface area contributed by atoms with Crippen molar-refractivity contribution in [3.05, 3.63) is 35.4 Å². The van der Waals surface area contributed by atoms with Gasteiger partial charge in [-0.2, -0.15) is 0 Å². The minimum atomic E-state index is -0.187. The molecule has 140 valence electrons. The second kappa shape index (κ2) is 6.69. The van der Waals surface area contributed by atoms with E-state index in [-0.39, 0.29) is 17.9 Å². The Hall–Kier alpha value is -1.88.